The van der Waals surface area contributed by atoms with Crippen molar-refractivity contribution in [2.75, 3.05) is 18.0 Å². The van der Waals surface area contributed by atoms with Crippen LogP contribution in [0.15, 0.2) is 10.6 Å². The Labute approximate surface area is 101 Å². The van der Waals surface area contributed by atoms with E-state index < -0.39 is 0 Å². The molecule has 0 radical (unpaired) electrons. The smallest absolute Gasteiger partial charge is 0.234 e. The number of aromatic nitrogens is 1. The zero-order valence-electron chi connectivity index (χ0n) is 10.6. The van der Waals surface area contributed by atoms with Crippen LogP contribution in [0.25, 0.3) is 0 Å². The molecule has 0 aromatic carbocycles. The highest BCUT2D eigenvalue weighted by Crippen LogP contribution is 2.29. The Balaban J connectivity index is 2.19. The molecule has 17 heavy (non-hydrogen) atoms. The number of nitrogens with two attached hydrogens (primary N) is 1. The molecule has 0 aliphatic carbocycles. The van der Waals surface area contributed by atoms with Crippen LogP contribution in [0.1, 0.15) is 32.9 Å². The maximum atomic E-state index is 11.8. The molecule has 5 heteroatoms. The van der Waals surface area contributed by atoms with Gasteiger partial charge in [0.1, 0.15) is 0 Å². The highest BCUT2D eigenvalue weighted by atomic mass is 16.5. The van der Waals surface area contributed by atoms with Gasteiger partial charge in [-0.2, -0.15) is 0 Å². The van der Waals surface area contributed by atoms with Crippen molar-refractivity contribution in [3.8, 4) is 0 Å². The number of carbonyl (C=O) groups is 1. The van der Waals surface area contributed by atoms with Crippen LogP contribution in [0.3, 0.4) is 0 Å². The van der Waals surface area contributed by atoms with Crippen molar-refractivity contribution in [3.63, 3.8) is 0 Å². The normalized spacial score (nSPS) is 21.3. The average Bonchev–Trinajstić information content (AvgIpc) is 2.82. The molecule has 0 saturated carbocycles. The fraction of sp³-hybridized carbons (Fsp3) is 0.667. The van der Waals surface area contributed by atoms with E-state index in [9.17, 15) is 4.79 Å². The van der Waals surface area contributed by atoms with E-state index in [2.05, 4.69) is 25.9 Å². The highest BCUT2D eigenvalue weighted by Gasteiger charge is 2.32. The van der Waals surface area contributed by atoms with Crippen molar-refractivity contribution in [1.29, 1.82) is 0 Å². The molecule has 1 aliphatic rings. The zero-order valence-corrected chi connectivity index (χ0v) is 10.6. The quantitative estimate of drug-likeness (QED) is 0.841. The van der Waals surface area contributed by atoms with E-state index in [1.54, 1.807) is 4.90 Å². The molecular formula is C12H19N3O2. The van der Waals surface area contributed by atoms with Crippen LogP contribution in [0.2, 0.25) is 0 Å². The number of anilines is 1. The van der Waals surface area contributed by atoms with Gasteiger partial charge in [-0.25, -0.2) is 0 Å². The van der Waals surface area contributed by atoms with E-state index in [1.807, 2.05) is 6.07 Å². The highest BCUT2D eigenvalue weighted by molar-refractivity contribution is 5.94. The van der Waals surface area contributed by atoms with E-state index in [1.165, 1.54) is 0 Å². The first kappa shape index (κ1) is 12.1. The fourth-order valence-electron chi connectivity index (χ4n) is 1.90. The number of rotatable bonds is 2. The standard InChI is InChI=1S/C12H19N3O2/c1-12(2,3)9-5-11(17-14-9)15-7-8(6-13)4-10(15)16/h5,8H,4,6-7,13H2,1-3H3. The van der Waals surface area contributed by atoms with Gasteiger partial charge in [0.25, 0.3) is 0 Å². The zero-order chi connectivity index (χ0) is 12.6. The number of hydrogen-bond donors (Lipinski definition) is 1. The van der Waals surface area contributed by atoms with Crippen molar-refractivity contribution < 1.29 is 9.32 Å². The summed E-state index contributed by atoms with van der Waals surface area (Å²) in [6.07, 6.45) is 0.502. The minimum absolute atomic E-state index is 0.0667. The SMILES string of the molecule is CC(C)(C)c1cc(N2CC(CN)CC2=O)on1. The minimum Gasteiger partial charge on any atom is -0.338 e. The van der Waals surface area contributed by atoms with Crippen LogP contribution < -0.4 is 10.6 Å². The van der Waals surface area contributed by atoms with Crippen molar-refractivity contribution in [3.05, 3.63) is 11.8 Å². The lowest BCUT2D eigenvalue weighted by Crippen LogP contribution is -2.25. The first-order chi connectivity index (χ1) is 7.91. The summed E-state index contributed by atoms with van der Waals surface area (Å²) < 4.78 is 5.25. The summed E-state index contributed by atoms with van der Waals surface area (Å²) in [5, 5.41) is 4.02. The molecule has 1 aromatic heterocycles. The average molecular weight is 237 g/mol. The Morgan fingerprint density at radius 2 is 2.29 bits per heavy atom. The summed E-state index contributed by atoms with van der Waals surface area (Å²) >= 11 is 0. The predicted octanol–water partition coefficient (Wildman–Crippen LogP) is 1.28. The van der Waals surface area contributed by atoms with Crippen LogP contribution >= 0.6 is 0 Å². The molecule has 0 spiro atoms. The van der Waals surface area contributed by atoms with Crippen molar-refractivity contribution in [2.45, 2.75) is 32.6 Å². The lowest BCUT2D eigenvalue weighted by molar-refractivity contribution is -0.117. The largest absolute Gasteiger partial charge is 0.338 e. The lowest BCUT2D eigenvalue weighted by atomic mass is 9.92. The Morgan fingerprint density at radius 3 is 2.76 bits per heavy atom. The third-order valence-corrected chi connectivity index (χ3v) is 3.07. The maximum absolute atomic E-state index is 11.8. The number of hydrogen-bond acceptors (Lipinski definition) is 4. The van der Waals surface area contributed by atoms with Gasteiger partial charge in [0.15, 0.2) is 0 Å². The van der Waals surface area contributed by atoms with Crippen LogP contribution in [-0.2, 0) is 10.2 Å². The van der Waals surface area contributed by atoms with Crippen LogP contribution in [0.4, 0.5) is 5.88 Å². The molecule has 2 rings (SSSR count). The third kappa shape index (κ3) is 2.34. The molecule has 1 aliphatic heterocycles. The summed E-state index contributed by atoms with van der Waals surface area (Å²) in [7, 11) is 0. The first-order valence-electron chi connectivity index (χ1n) is 5.89. The van der Waals surface area contributed by atoms with Gasteiger partial charge in [-0.3, -0.25) is 9.69 Å². The summed E-state index contributed by atoms with van der Waals surface area (Å²) in [4.78, 5) is 13.4. The Morgan fingerprint density at radius 1 is 1.59 bits per heavy atom. The van der Waals surface area contributed by atoms with Gasteiger partial charge >= 0.3 is 0 Å². The van der Waals surface area contributed by atoms with Gasteiger partial charge in [-0.15, -0.1) is 0 Å². The molecule has 2 heterocycles. The van der Waals surface area contributed by atoms with Gasteiger partial charge in [0.2, 0.25) is 11.8 Å². The van der Waals surface area contributed by atoms with Gasteiger partial charge in [-0.05, 0) is 12.5 Å². The van der Waals surface area contributed by atoms with Crippen molar-refractivity contribution >= 4 is 11.8 Å². The molecular weight excluding hydrogens is 218 g/mol. The molecule has 94 valence electrons. The lowest BCUT2D eigenvalue weighted by Gasteiger charge is -2.13. The molecule has 1 fully saturated rings. The van der Waals surface area contributed by atoms with E-state index in [0.29, 0.717) is 25.4 Å². The Hall–Kier alpha value is -1.36. The van der Waals surface area contributed by atoms with Gasteiger partial charge in [0.05, 0.1) is 5.69 Å². The minimum atomic E-state index is -0.0716. The van der Waals surface area contributed by atoms with Gasteiger partial charge in [0, 0.05) is 24.4 Å². The van der Waals surface area contributed by atoms with Crippen LogP contribution in [-0.4, -0.2) is 24.2 Å². The molecule has 1 saturated heterocycles. The summed E-state index contributed by atoms with van der Waals surface area (Å²) in [6.45, 7) is 7.34. The van der Waals surface area contributed by atoms with Crippen LogP contribution in [0, 0.1) is 5.92 Å². The monoisotopic (exact) mass is 237 g/mol. The van der Waals surface area contributed by atoms with E-state index in [0.717, 1.165) is 5.69 Å². The van der Waals surface area contributed by atoms with Crippen molar-refractivity contribution in [1.82, 2.24) is 5.16 Å². The Kier molecular flexibility index (Phi) is 2.95. The van der Waals surface area contributed by atoms with E-state index in [4.69, 9.17) is 10.3 Å². The molecule has 0 bridgehead atoms. The summed E-state index contributed by atoms with van der Waals surface area (Å²) in [5.74, 6) is 0.832. The fourth-order valence-corrected chi connectivity index (χ4v) is 1.90. The molecule has 2 N–H and O–H groups in total. The topological polar surface area (TPSA) is 72.4 Å². The molecule has 1 aromatic rings. The van der Waals surface area contributed by atoms with Crippen molar-refractivity contribution in [2.24, 2.45) is 11.7 Å². The molecule has 1 atom stereocenters. The molecule has 1 amide bonds. The second kappa shape index (κ2) is 4.14. The van der Waals surface area contributed by atoms with Gasteiger partial charge in [-0.1, -0.05) is 25.9 Å². The van der Waals surface area contributed by atoms with E-state index >= 15 is 0 Å². The summed E-state index contributed by atoms with van der Waals surface area (Å²) in [5.41, 5.74) is 6.37. The summed E-state index contributed by atoms with van der Waals surface area (Å²) in [6, 6.07) is 1.84. The van der Waals surface area contributed by atoms with Gasteiger partial charge < -0.3 is 10.3 Å². The molecule has 1 unspecified atom stereocenters. The second-order valence-electron chi connectivity index (χ2n) is 5.61. The second-order valence-corrected chi connectivity index (χ2v) is 5.61. The first-order valence-corrected chi connectivity index (χ1v) is 5.89. The number of amides is 1. The third-order valence-electron chi connectivity index (χ3n) is 3.07. The predicted molar refractivity (Wildman–Crippen MR) is 64.7 cm³/mol. The van der Waals surface area contributed by atoms with Crippen LogP contribution in [0.5, 0.6) is 0 Å². The Bertz CT molecular complexity index is 420. The molecule has 5 nitrogen and oxygen atoms in total. The number of carbonyl (C=O) groups excluding carboxylic acids is 1. The van der Waals surface area contributed by atoms with E-state index in [-0.39, 0.29) is 17.2 Å². The maximum Gasteiger partial charge on any atom is 0.234 e. The number of nitrogens with zero attached hydrogens (tertiary/aromatic N) is 2.